The molecule has 0 unspecified atom stereocenters. The third-order valence-corrected chi connectivity index (χ3v) is 5.13. The van der Waals surface area contributed by atoms with E-state index in [2.05, 4.69) is 30.0 Å². The van der Waals surface area contributed by atoms with Crippen molar-refractivity contribution in [3.63, 3.8) is 0 Å². The number of amides is 1. The van der Waals surface area contributed by atoms with Gasteiger partial charge in [0.15, 0.2) is 11.5 Å². The quantitative estimate of drug-likeness (QED) is 0.421. The van der Waals surface area contributed by atoms with E-state index >= 15 is 0 Å². The Hall–Kier alpha value is -3.84. The maximum atomic E-state index is 13.1. The van der Waals surface area contributed by atoms with Crippen LogP contribution in [0.5, 0.6) is 0 Å². The van der Waals surface area contributed by atoms with E-state index in [4.69, 9.17) is 0 Å². The molecule has 1 amide bonds. The largest absolute Gasteiger partial charge is 0.325 e. The molecule has 0 bridgehead atoms. The molecular formula is C20H17F2N7O3S. The predicted octanol–water partition coefficient (Wildman–Crippen LogP) is 2.28. The van der Waals surface area contributed by atoms with E-state index in [1.807, 2.05) is 0 Å². The maximum absolute atomic E-state index is 13.1. The monoisotopic (exact) mass is 473 g/mol. The van der Waals surface area contributed by atoms with Gasteiger partial charge in [0.1, 0.15) is 11.4 Å². The molecule has 0 saturated carbocycles. The summed E-state index contributed by atoms with van der Waals surface area (Å²) in [6, 6.07) is 8.44. The van der Waals surface area contributed by atoms with Gasteiger partial charge in [0.2, 0.25) is 15.9 Å². The summed E-state index contributed by atoms with van der Waals surface area (Å²) in [7, 11) is -3.49. The fourth-order valence-corrected chi connectivity index (χ4v) is 3.38. The number of carbonyl (C=O) groups excluding carboxylic acids is 1. The molecular weight excluding hydrogens is 456 g/mol. The van der Waals surface area contributed by atoms with Crippen LogP contribution in [0.4, 0.5) is 14.5 Å². The number of aromatic nitrogens is 5. The highest BCUT2D eigenvalue weighted by Gasteiger charge is 2.15. The number of nitrogens with zero attached hydrogens (tertiary/aromatic N) is 5. The van der Waals surface area contributed by atoms with Crippen molar-refractivity contribution in [3.8, 4) is 22.8 Å². The van der Waals surface area contributed by atoms with Crippen molar-refractivity contribution in [2.75, 3.05) is 18.1 Å². The van der Waals surface area contributed by atoms with Crippen molar-refractivity contribution in [1.82, 2.24) is 29.1 Å². The summed E-state index contributed by atoms with van der Waals surface area (Å²) in [6.07, 6.45) is 3.66. The number of rotatable bonds is 7. The Kier molecular flexibility index (Phi) is 6.07. The number of nitrogens with one attached hydrogen (secondary N) is 2. The Labute approximate surface area is 186 Å². The van der Waals surface area contributed by atoms with Gasteiger partial charge in [-0.2, -0.15) is 0 Å². The lowest BCUT2D eigenvalue weighted by molar-refractivity contribution is -0.115. The van der Waals surface area contributed by atoms with Crippen molar-refractivity contribution < 1.29 is 22.0 Å². The molecule has 4 rings (SSSR count). The van der Waals surface area contributed by atoms with Gasteiger partial charge in [-0.05, 0) is 18.2 Å². The summed E-state index contributed by atoms with van der Waals surface area (Å²) >= 11 is 0. The molecule has 4 aromatic rings. The van der Waals surface area contributed by atoms with Crippen LogP contribution in [0.3, 0.4) is 0 Å². The molecule has 0 spiro atoms. The molecule has 0 aliphatic carbocycles. The summed E-state index contributed by atoms with van der Waals surface area (Å²) in [5, 5.41) is 2.61. The van der Waals surface area contributed by atoms with Gasteiger partial charge < -0.3 is 5.32 Å². The minimum atomic E-state index is -3.49. The molecule has 10 nitrogen and oxygen atoms in total. The van der Waals surface area contributed by atoms with Crippen molar-refractivity contribution >= 4 is 27.3 Å². The lowest BCUT2D eigenvalue weighted by Crippen LogP contribution is -2.32. The molecule has 2 N–H and O–H groups in total. The third kappa shape index (κ3) is 5.32. The van der Waals surface area contributed by atoms with Gasteiger partial charge in [0.05, 0.1) is 30.9 Å². The first-order valence-corrected chi connectivity index (χ1v) is 11.4. The summed E-state index contributed by atoms with van der Waals surface area (Å²) < 4.78 is 52.0. The highest BCUT2D eigenvalue weighted by atomic mass is 32.2. The summed E-state index contributed by atoms with van der Waals surface area (Å²) in [4.78, 5) is 28.6. The smallest absolute Gasteiger partial charge is 0.281 e. The van der Waals surface area contributed by atoms with Crippen LogP contribution in [0.25, 0.3) is 28.4 Å². The molecule has 33 heavy (non-hydrogen) atoms. The Morgan fingerprint density at radius 2 is 1.97 bits per heavy atom. The Balaban J connectivity index is 1.61. The second kappa shape index (κ2) is 8.96. The normalized spacial score (nSPS) is 11.8. The van der Waals surface area contributed by atoms with Crippen molar-refractivity contribution in [2.24, 2.45) is 0 Å². The van der Waals surface area contributed by atoms with Crippen molar-refractivity contribution in [2.45, 2.75) is 6.43 Å². The molecule has 0 aliphatic heterocycles. The van der Waals surface area contributed by atoms with Crippen LogP contribution in [0.15, 0.2) is 55.1 Å². The zero-order valence-electron chi connectivity index (χ0n) is 17.1. The van der Waals surface area contributed by atoms with Crippen LogP contribution in [-0.2, 0) is 14.8 Å². The van der Waals surface area contributed by atoms with Crippen LogP contribution >= 0.6 is 0 Å². The molecule has 13 heteroatoms. The maximum Gasteiger partial charge on any atom is 0.281 e. The molecule has 0 atom stereocenters. The molecule has 1 aromatic carbocycles. The van der Waals surface area contributed by atoms with E-state index in [-0.39, 0.29) is 5.82 Å². The zero-order chi connectivity index (χ0) is 23.6. The second-order valence-corrected chi connectivity index (χ2v) is 8.81. The van der Waals surface area contributed by atoms with Crippen LogP contribution < -0.4 is 10.0 Å². The highest BCUT2D eigenvalue weighted by molar-refractivity contribution is 7.88. The van der Waals surface area contributed by atoms with E-state index < -0.39 is 34.6 Å². The van der Waals surface area contributed by atoms with Gasteiger partial charge in [-0.25, -0.2) is 41.9 Å². The number of carbonyl (C=O) groups is 1. The number of hydrogen-bond acceptors (Lipinski definition) is 7. The summed E-state index contributed by atoms with van der Waals surface area (Å²) in [5.74, 6) is -0.270. The van der Waals surface area contributed by atoms with Gasteiger partial charge >= 0.3 is 0 Å². The van der Waals surface area contributed by atoms with Gasteiger partial charge in [0, 0.05) is 23.6 Å². The zero-order valence-corrected chi connectivity index (χ0v) is 17.9. The molecule has 0 aliphatic rings. The van der Waals surface area contributed by atoms with Crippen molar-refractivity contribution in [1.29, 1.82) is 0 Å². The van der Waals surface area contributed by atoms with Gasteiger partial charge in [-0.1, -0.05) is 12.1 Å². The third-order valence-electron chi connectivity index (χ3n) is 4.46. The highest BCUT2D eigenvalue weighted by Crippen LogP contribution is 2.25. The van der Waals surface area contributed by atoms with Crippen LogP contribution in [0.1, 0.15) is 12.1 Å². The standard InChI is InChI=1S/C20H17F2N7O3S/c1-33(31,32)26-10-18(30)27-13-4-2-3-12(7-13)14-5-6-23-20(28-14)16-8-25-17-9-24-15(19(21)22)11-29(16)17/h2-9,11,19,26H,10H2,1H3,(H,27,30). The van der Waals surface area contributed by atoms with E-state index in [0.29, 0.717) is 28.3 Å². The number of imidazole rings is 1. The fourth-order valence-electron chi connectivity index (χ4n) is 2.98. The molecule has 0 radical (unpaired) electrons. The number of hydrogen-bond donors (Lipinski definition) is 2. The van der Waals surface area contributed by atoms with Crippen LogP contribution in [0.2, 0.25) is 0 Å². The minimum absolute atomic E-state index is 0.262. The van der Waals surface area contributed by atoms with Gasteiger partial charge in [-0.3, -0.25) is 9.20 Å². The first-order chi connectivity index (χ1) is 15.7. The number of benzene rings is 1. The van der Waals surface area contributed by atoms with E-state index in [1.165, 1.54) is 29.2 Å². The van der Waals surface area contributed by atoms with Crippen LogP contribution in [-0.4, -0.2) is 51.5 Å². The lowest BCUT2D eigenvalue weighted by atomic mass is 10.1. The molecule has 3 aromatic heterocycles. The molecule has 0 saturated heterocycles. The Morgan fingerprint density at radius 3 is 2.73 bits per heavy atom. The number of fused-ring (bicyclic) bond motifs is 1. The lowest BCUT2D eigenvalue weighted by Gasteiger charge is -2.09. The number of anilines is 1. The number of alkyl halides is 2. The summed E-state index contributed by atoms with van der Waals surface area (Å²) in [6.45, 7) is -0.398. The van der Waals surface area contributed by atoms with Gasteiger partial charge in [-0.15, -0.1) is 0 Å². The summed E-state index contributed by atoms with van der Waals surface area (Å²) in [5.41, 5.74) is 1.99. The second-order valence-electron chi connectivity index (χ2n) is 6.97. The van der Waals surface area contributed by atoms with E-state index in [1.54, 1.807) is 30.3 Å². The SMILES string of the molecule is CS(=O)(=O)NCC(=O)Nc1cccc(-c2ccnc(-c3cnc4cnc(C(F)F)cn34)n2)c1. The Morgan fingerprint density at radius 1 is 1.15 bits per heavy atom. The Bertz CT molecular complexity index is 1440. The molecule has 3 heterocycles. The average Bonchev–Trinajstić information content (AvgIpc) is 3.21. The topological polar surface area (TPSA) is 131 Å². The molecule has 0 fully saturated rings. The van der Waals surface area contributed by atoms with Crippen molar-refractivity contribution in [3.05, 3.63) is 60.8 Å². The fraction of sp³-hybridized carbons (Fsp3) is 0.150. The van der Waals surface area contributed by atoms with E-state index in [9.17, 15) is 22.0 Å². The number of sulfonamides is 1. The first kappa shape index (κ1) is 22.4. The molecule has 170 valence electrons. The van der Waals surface area contributed by atoms with E-state index in [0.717, 1.165) is 6.26 Å². The van der Waals surface area contributed by atoms with Gasteiger partial charge in [0.25, 0.3) is 6.43 Å². The first-order valence-electron chi connectivity index (χ1n) is 9.49. The number of halogens is 2. The average molecular weight is 473 g/mol. The minimum Gasteiger partial charge on any atom is -0.325 e. The predicted molar refractivity (Wildman–Crippen MR) is 116 cm³/mol. The van der Waals surface area contributed by atoms with Crippen LogP contribution in [0, 0.1) is 0 Å².